The molecule has 2 atom stereocenters. The van der Waals surface area contributed by atoms with Gasteiger partial charge >= 0.3 is 0 Å². The number of rotatable bonds is 3. The predicted octanol–water partition coefficient (Wildman–Crippen LogP) is 3.11. The van der Waals surface area contributed by atoms with Crippen LogP contribution in [-0.2, 0) is 4.74 Å². The van der Waals surface area contributed by atoms with Gasteiger partial charge in [0, 0.05) is 24.8 Å². The largest absolute Gasteiger partial charge is 0.382 e. The SMILES string of the molecule is c1ccc2cc(NCC3CN4CCCC4CO3)ccc2c1. The zero-order valence-electron chi connectivity index (χ0n) is 12.3. The Hall–Kier alpha value is -1.58. The number of hydrogen-bond donors (Lipinski definition) is 1. The van der Waals surface area contributed by atoms with Crippen LogP contribution in [0.3, 0.4) is 0 Å². The third-order valence-corrected chi connectivity index (χ3v) is 4.74. The maximum absolute atomic E-state index is 6.00. The van der Waals surface area contributed by atoms with E-state index in [0.29, 0.717) is 12.1 Å². The molecule has 2 aliphatic heterocycles. The first-order valence-corrected chi connectivity index (χ1v) is 7.97. The van der Waals surface area contributed by atoms with Crippen molar-refractivity contribution in [3.63, 3.8) is 0 Å². The number of ether oxygens (including phenoxy) is 1. The van der Waals surface area contributed by atoms with E-state index in [9.17, 15) is 0 Å². The Morgan fingerprint density at radius 3 is 3.00 bits per heavy atom. The second-order valence-corrected chi connectivity index (χ2v) is 6.19. The molecule has 0 bridgehead atoms. The Kier molecular flexibility index (Phi) is 3.53. The molecular formula is C18H22N2O. The van der Waals surface area contributed by atoms with Crippen molar-refractivity contribution in [1.82, 2.24) is 4.90 Å². The summed E-state index contributed by atoms with van der Waals surface area (Å²) in [4.78, 5) is 2.59. The highest BCUT2D eigenvalue weighted by Gasteiger charge is 2.31. The zero-order chi connectivity index (χ0) is 14.1. The predicted molar refractivity (Wildman–Crippen MR) is 86.8 cm³/mol. The van der Waals surface area contributed by atoms with Crippen molar-refractivity contribution in [2.24, 2.45) is 0 Å². The first-order chi connectivity index (χ1) is 10.4. The Morgan fingerprint density at radius 1 is 1.14 bits per heavy atom. The van der Waals surface area contributed by atoms with Gasteiger partial charge in [0.15, 0.2) is 0 Å². The van der Waals surface area contributed by atoms with E-state index in [1.807, 2.05) is 0 Å². The number of benzene rings is 2. The molecule has 0 aromatic heterocycles. The van der Waals surface area contributed by atoms with Crippen molar-refractivity contribution < 1.29 is 4.74 Å². The quantitative estimate of drug-likeness (QED) is 0.936. The van der Waals surface area contributed by atoms with Crippen LogP contribution in [0.25, 0.3) is 10.8 Å². The van der Waals surface area contributed by atoms with E-state index < -0.39 is 0 Å². The molecule has 0 saturated carbocycles. The van der Waals surface area contributed by atoms with E-state index in [-0.39, 0.29) is 0 Å². The lowest BCUT2D eigenvalue weighted by atomic mass is 10.1. The van der Waals surface area contributed by atoms with E-state index in [0.717, 1.165) is 19.7 Å². The highest BCUT2D eigenvalue weighted by molar-refractivity contribution is 5.85. The molecule has 2 aromatic rings. The summed E-state index contributed by atoms with van der Waals surface area (Å²) in [6.07, 6.45) is 2.95. The van der Waals surface area contributed by atoms with Crippen LogP contribution in [0.15, 0.2) is 42.5 Å². The van der Waals surface area contributed by atoms with Gasteiger partial charge in [0.25, 0.3) is 0 Å². The normalized spacial score (nSPS) is 25.9. The van der Waals surface area contributed by atoms with Gasteiger partial charge < -0.3 is 10.1 Å². The molecule has 2 fully saturated rings. The zero-order valence-corrected chi connectivity index (χ0v) is 12.3. The maximum atomic E-state index is 6.00. The molecule has 0 amide bonds. The maximum Gasteiger partial charge on any atom is 0.0874 e. The van der Waals surface area contributed by atoms with Gasteiger partial charge in [-0.05, 0) is 42.3 Å². The molecule has 21 heavy (non-hydrogen) atoms. The molecule has 2 unspecified atom stereocenters. The fraction of sp³-hybridized carbons (Fsp3) is 0.444. The fourth-order valence-corrected chi connectivity index (χ4v) is 3.54. The third kappa shape index (κ3) is 2.76. The van der Waals surface area contributed by atoms with Crippen molar-refractivity contribution >= 4 is 16.5 Å². The Bertz CT molecular complexity index is 627. The minimum absolute atomic E-state index is 0.311. The topological polar surface area (TPSA) is 24.5 Å². The second-order valence-electron chi connectivity index (χ2n) is 6.19. The van der Waals surface area contributed by atoms with Gasteiger partial charge in [-0.15, -0.1) is 0 Å². The van der Waals surface area contributed by atoms with Crippen LogP contribution < -0.4 is 5.32 Å². The van der Waals surface area contributed by atoms with Crippen LogP contribution in [0.1, 0.15) is 12.8 Å². The van der Waals surface area contributed by atoms with Gasteiger partial charge in [-0.1, -0.05) is 30.3 Å². The molecule has 3 nitrogen and oxygen atoms in total. The first-order valence-electron chi connectivity index (χ1n) is 7.97. The standard InChI is InChI=1S/C18H22N2O/c1-2-5-15-10-16(8-7-14(15)4-1)19-11-18-12-20-9-3-6-17(20)13-21-18/h1-2,4-5,7-8,10,17-19H,3,6,9,11-13H2. The first kappa shape index (κ1) is 13.1. The lowest BCUT2D eigenvalue weighted by Gasteiger charge is -2.35. The number of nitrogens with zero attached hydrogens (tertiary/aromatic N) is 1. The van der Waals surface area contributed by atoms with Gasteiger partial charge in [0.05, 0.1) is 12.7 Å². The molecule has 2 aliphatic rings. The molecule has 2 saturated heterocycles. The van der Waals surface area contributed by atoms with E-state index in [4.69, 9.17) is 4.74 Å². The Morgan fingerprint density at radius 2 is 2.05 bits per heavy atom. The van der Waals surface area contributed by atoms with Crippen LogP contribution in [0, 0.1) is 0 Å². The summed E-state index contributed by atoms with van der Waals surface area (Å²) in [5.74, 6) is 0. The number of morpholine rings is 1. The Labute approximate surface area is 125 Å². The smallest absolute Gasteiger partial charge is 0.0874 e. The van der Waals surface area contributed by atoms with Gasteiger partial charge in [0.1, 0.15) is 0 Å². The summed E-state index contributed by atoms with van der Waals surface area (Å²) in [7, 11) is 0. The van der Waals surface area contributed by atoms with Crippen molar-refractivity contribution in [2.75, 3.05) is 31.6 Å². The van der Waals surface area contributed by atoms with Crippen LogP contribution in [-0.4, -0.2) is 43.3 Å². The summed E-state index contributed by atoms with van der Waals surface area (Å²) in [6.45, 7) is 4.12. The van der Waals surface area contributed by atoms with Crippen LogP contribution in [0.5, 0.6) is 0 Å². The van der Waals surface area contributed by atoms with Crippen molar-refractivity contribution in [3.8, 4) is 0 Å². The molecule has 0 radical (unpaired) electrons. The van der Waals surface area contributed by atoms with Gasteiger partial charge in [-0.2, -0.15) is 0 Å². The molecule has 0 spiro atoms. The molecule has 2 heterocycles. The summed E-state index contributed by atoms with van der Waals surface area (Å²) < 4.78 is 6.00. The molecule has 3 heteroatoms. The average molecular weight is 282 g/mol. The van der Waals surface area contributed by atoms with Crippen molar-refractivity contribution in [1.29, 1.82) is 0 Å². The molecule has 0 aliphatic carbocycles. The Balaban J connectivity index is 1.39. The highest BCUT2D eigenvalue weighted by atomic mass is 16.5. The summed E-state index contributed by atoms with van der Waals surface area (Å²) in [5, 5.41) is 6.11. The average Bonchev–Trinajstić information content (AvgIpc) is 3.00. The van der Waals surface area contributed by atoms with Crippen molar-refractivity contribution in [2.45, 2.75) is 25.0 Å². The number of nitrogens with one attached hydrogen (secondary N) is 1. The summed E-state index contributed by atoms with van der Waals surface area (Å²) in [6, 6.07) is 15.7. The highest BCUT2D eigenvalue weighted by Crippen LogP contribution is 2.23. The summed E-state index contributed by atoms with van der Waals surface area (Å²) in [5.41, 5.74) is 1.18. The monoisotopic (exact) mass is 282 g/mol. The number of fused-ring (bicyclic) bond motifs is 2. The minimum Gasteiger partial charge on any atom is -0.382 e. The van der Waals surface area contributed by atoms with Crippen molar-refractivity contribution in [3.05, 3.63) is 42.5 Å². The summed E-state index contributed by atoms with van der Waals surface area (Å²) >= 11 is 0. The van der Waals surface area contributed by atoms with E-state index in [2.05, 4.69) is 52.7 Å². The lowest BCUT2D eigenvalue weighted by Crippen LogP contribution is -2.48. The molecule has 110 valence electrons. The van der Waals surface area contributed by atoms with Crippen LogP contribution in [0.2, 0.25) is 0 Å². The van der Waals surface area contributed by atoms with E-state index in [1.165, 1.54) is 35.8 Å². The molecule has 2 aromatic carbocycles. The molecule has 1 N–H and O–H groups in total. The lowest BCUT2D eigenvalue weighted by molar-refractivity contribution is -0.0415. The van der Waals surface area contributed by atoms with Gasteiger partial charge in [-0.3, -0.25) is 4.90 Å². The van der Waals surface area contributed by atoms with E-state index >= 15 is 0 Å². The third-order valence-electron chi connectivity index (χ3n) is 4.74. The number of anilines is 1. The van der Waals surface area contributed by atoms with E-state index in [1.54, 1.807) is 0 Å². The molecule has 4 rings (SSSR count). The van der Waals surface area contributed by atoms with Crippen LogP contribution in [0.4, 0.5) is 5.69 Å². The van der Waals surface area contributed by atoms with Crippen LogP contribution >= 0.6 is 0 Å². The van der Waals surface area contributed by atoms with Gasteiger partial charge in [0.2, 0.25) is 0 Å². The second kappa shape index (κ2) is 5.66. The number of hydrogen-bond acceptors (Lipinski definition) is 3. The van der Waals surface area contributed by atoms with Gasteiger partial charge in [-0.25, -0.2) is 0 Å². The molecular weight excluding hydrogens is 260 g/mol. The minimum atomic E-state index is 0.311. The fourth-order valence-electron chi connectivity index (χ4n) is 3.54.